The van der Waals surface area contributed by atoms with E-state index in [0.29, 0.717) is 39.0 Å². The number of guanidine groups is 1. The molecule has 3 aromatic carbocycles. The standard InChI is InChI=1S/C28H27ClN4O5/c1-3-37-27(35)24-25(17-9-5-4-6-10-17)32-28(30)33-26(24)18-13-14-21(22(15-18)36-2)38-16-23(34)31-20-12-8-7-11-19(20)29/h4-15,26H,3,16H2,1-2H3,(H,31,34)(H3,30,32,33)/p+1/t26-/m0/s1. The molecular formula is C28H28ClN4O5+. The van der Waals surface area contributed by atoms with Crippen LogP contribution in [-0.2, 0) is 14.3 Å². The zero-order valence-electron chi connectivity index (χ0n) is 20.9. The average molecular weight is 536 g/mol. The van der Waals surface area contributed by atoms with E-state index in [2.05, 4.69) is 15.6 Å². The number of ether oxygens (including phenoxy) is 3. The van der Waals surface area contributed by atoms with Gasteiger partial charge in [-0.25, -0.2) is 10.1 Å². The van der Waals surface area contributed by atoms with Crippen molar-refractivity contribution in [3.8, 4) is 11.5 Å². The van der Waals surface area contributed by atoms with Crippen LogP contribution in [0.25, 0.3) is 5.70 Å². The Balaban J connectivity index is 1.62. The SMILES string of the molecule is CCOC(=O)C1=C(c2ccccc2)NC(N)=[NH+][C@H]1c1ccc(OCC(=O)Nc2ccccc2Cl)c(OC)c1. The van der Waals surface area contributed by atoms with Crippen LogP contribution in [-0.4, -0.2) is 38.2 Å². The van der Waals surface area contributed by atoms with Gasteiger partial charge in [-0.1, -0.05) is 60.1 Å². The molecule has 0 fully saturated rings. The third-order valence-corrected chi connectivity index (χ3v) is 6.03. The van der Waals surface area contributed by atoms with Gasteiger partial charge in [0.15, 0.2) is 18.1 Å². The van der Waals surface area contributed by atoms with E-state index in [1.165, 1.54) is 7.11 Å². The van der Waals surface area contributed by atoms with E-state index in [9.17, 15) is 9.59 Å². The number of nitrogens with one attached hydrogen (secondary N) is 3. The number of halogens is 1. The van der Waals surface area contributed by atoms with Crippen molar-refractivity contribution in [1.29, 1.82) is 0 Å². The Kier molecular flexibility index (Phi) is 8.50. The third kappa shape index (κ3) is 6.07. The molecule has 1 amide bonds. The van der Waals surface area contributed by atoms with Crippen LogP contribution in [0.3, 0.4) is 0 Å². The van der Waals surface area contributed by atoms with Crippen molar-refractivity contribution >= 4 is 40.8 Å². The molecule has 0 saturated carbocycles. The predicted molar refractivity (Wildman–Crippen MR) is 145 cm³/mol. The molecule has 0 aromatic heterocycles. The van der Waals surface area contributed by atoms with Gasteiger partial charge in [-0.2, -0.15) is 0 Å². The minimum atomic E-state index is -0.642. The Hall–Kier alpha value is -4.50. The molecule has 9 nitrogen and oxygen atoms in total. The number of rotatable bonds is 9. The van der Waals surface area contributed by atoms with E-state index in [-0.39, 0.29) is 25.1 Å². The first-order valence-electron chi connectivity index (χ1n) is 11.9. The Bertz CT molecular complexity index is 1390. The molecule has 4 rings (SSSR count). The first kappa shape index (κ1) is 26.6. The van der Waals surface area contributed by atoms with Gasteiger partial charge < -0.3 is 19.5 Å². The lowest BCUT2D eigenvalue weighted by Gasteiger charge is -2.23. The third-order valence-electron chi connectivity index (χ3n) is 5.70. The summed E-state index contributed by atoms with van der Waals surface area (Å²) in [5.41, 5.74) is 9.03. The molecule has 0 radical (unpaired) electrons. The number of carbonyl (C=O) groups is 2. The van der Waals surface area contributed by atoms with Gasteiger partial charge in [0.05, 0.1) is 24.4 Å². The van der Waals surface area contributed by atoms with Crippen LogP contribution < -0.4 is 30.8 Å². The van der Waals surface area contributed by atoms with Crippen molar-refractivity contribution in [3.05, 3.63) is 94.5 Å². The quantitative estimate of drug-likeness (QED) is 0.310. The molecule has 0 spiro atoms. The number of para-hydroxylation sites is 1. The van der Waals surface area contributed by atoms with Crippen molar-refractivity contribution in [1.82, 2.24) is 5.32 Å². The molecule has 1 heterocycles. The van der Waals surface area contributed by atoms with Crippen LogP contribution in [0.15, 0.2) is 78.4 Å². The number of nitrogens with two attached hydrogens (primary N) is 1. The molecule has 0 aliphatic carbocycles. The first-order chi connectivity index (χ1) is 18.4. The van der Waals surface area contributed by atoms with Gasteiger partial charge in [0.1, 0.15) is 17.3 Å². The highest BCUT2D eigenvalue weighted by atomic mass is 35.5. The number of amides is 1. The molecule has 196 valence electrons. The Morgan fingerprint density at radius 1 is 1.05 bits per heavy atom. The molecule has 38 heavy (non-hydrogen) atoms. The van der Waals surface area contributed by atoms with Gasteiger partial charge in [-0.15, -0.1) is 0 Å². The van der Waals surface area contributed by atoms with Gasteiger partial charge in [0.25, 0.3) is 5.91 Å². The molecule has 1 aliphatic heterocycles. The maximum atomic E-state index is 13.1. The molecule has 0 bridgehead atoms. The van der Waals surface area contributed by atoms with Crippen LogP contribution in [0, 0.1) is 0 Å². The maximum absolute atomic E-state index is 13.1. The van der Waals surface area contributed by atoms with Crippen molar-refractivity contribution < 1.29 is 28.8 Å². The van der Waals surface area contributed by atoms with E-state index < -0.39 is 12.0 Å². The van der Waals surface area contributed by atoms with Gasteiger partial charge >= 0.3 is 11.9 Å². The summed E-state index contributed by atoms with van der Waals surface area (Å²) in [6, 6.07) is 20.8. The van der Waals surface area contributed by atoms with Crippen molar-refractivity contribution in [2.24, 2.45) is 5.73 Å². The predicted octanol–water partition coefficient (Wildman–Crippen LogP) is 2.38. The topological polar surface area (TPSA) is 126 Å². The molecule has 1 atom stereocenters. The van der Waals surface area contributed by atoms with Crippen molar-refractivity contribution in [2.45, 2.75) is 13.0 Å². The number of benzene rings is 3. The number of methoxy groups -OCH3 is 1. The summed E-state index contributed by atoms with van der Waals surface area (Å²) in [5.74, 6) is 0.126. The highest BCUT2D eigenvalue weighted by Gasteiger charge is 2.35. The lowest BCUT2D eigenvalue weighted by molar-refractivity contribution is -0.502. The fraction of sp³-hybridized carbons (Fsp3) is 0.179. The van der Waals surface area contributed by atoms with Gasteiger partial charge in [-0.05, 0) is 36.8 Å². The van der Waals surface area contributed by atoms with Crippen molar-refractivity contribution in [3.63, 3.8) is 0 Å². The average Bonchev–Trinajstić information content (AvgIpc) is 2.93. The lowest BCUT2D eigenvalue weighted by atomic mass is 9.93. The minimum Gasteiger partial charge on any atom is -0.493 e. The van der Waals surface area contributed by atoms with Crippen LogP contribution >= 0.6 is 11.6 Å². The Morgan fingerprint density at radius 3 is 2.50 bits per heavy atom. The fourth-order valence-corrected chi connectivity index (χ4v) is 4.18. The smallest absolute Gasteiger partial charge is 0.346 e. The van der Waals surface area contributed by atoms with E-state index in [1.807, 2.05) is 30.3 Å². The summed E-state index contributed by atoms with van der Waals surface area (Å²) in [4.78, 5) is 28.7. The van der Waals surface area contributed by atoms with Crippen molar-refractivity contribution in [2.75, 3.05) is 25.6 Å². The number of esters is 1. The normalized spacial score (nSPS) is 14.7. The number of hydrogen-bond acceptors (Lipinski definition) is 7. The number of anilines is 1. The molecule has 0 saturated heterocycles. The molecular weight excluding hydrogens is 508 g/mol. The highest BCUT2D eigenvalue weighted by molar-refractivity contribution is 6.33. The summed E-state index contributed by atoms with van der Waals surface area (Å²) in [5, 5.41) is 6.20. The monoisotopic (exact) mass is 535 g/mol. The second-order valence-corrected chi connectivity index (χ2v) is 8.63. The second-order valence-electron chi connectivity index (χ2n) is 8.22. The molecule has 3 aromatic rings. The van der Waals surface area contributed by atoms with Gasteiger partial charge in [0, 0.05) is 5.56 Å². The van der Waals surface area contributed by atoms with E-state index in [1.54, 1.807) is 49.4 Å². The maximum Gasteiger partial charge on any atom is 0.346 e. The first-order valence-corrected chi connectivity index (χ1v) is 12.3. The summed E-state index contributed by atoms with van der Waals surface area (Å²) in [7, 11) is 1.49. The van der Waals surface area contributed by atoms with Crippen LogP contribution in [0.2, 0.25) is 5.02 Å². The number of carbonyl (C=O) groups excluding carboxylic acids is 2. The Labute approximate surface area is 225 Å². The lowest BCUT2D eigenvalue weighted by Crippen LogP contribution is -2.82. The van der Waals surface area contributed by atoms with Gasteiger partial charge in [0.2, 0.25) is 0 Å². The van der Waals surface area contributed by atoms with E-state index >= 15 is 0 Å². The molecule has 1 aliphatic rings. The van der Waals surface area contributed by atoms with E-state index in [0.717, 1.165) is 5.56 Å². The largest absolute Gasteiger partial charge is 0.493 e. The fourth-order valence-electron chi connectivity index (χ4n) is 4.00. The van der Waals surface area contributed by atoms with E-state index in [4.69, 9.17) is 31.5 Å². The Morgan fingerprint density at radius 2 is 1.79 bits per heavy atom. The van der Waals surface area contributed by atoms with Crippen LogP contribution in [0.1, 0.15) is 24.1 Å². The van der Waals surface area contributed by atoms with Crippen LogP contribution in [0.5, 0.6) is 11.5 Å². The molecule has 0 unspecified atom stereocenters. The zero-order chi connectivity index (χ0) is 27.1. The molecule has 10 heteroatoms. The summed E-state index contributed by atoms with van der Waals surface area (Å²) in [6.07, 6.45) is 0. The summed E-state index contributed by atoms with van der Waals surface area (Å²) < 4.78 is 16.6. The highest BCUT2D eigenvalue weighted by Crippen LogP contribution is 2.34. The second kappa shape index (κ2) is 12.2. The van der Waals surface area contributed by atoms with Crippen LogP contribution in [0.4, 0.5) is 5.69 Å². The van der Waals surface area contributed by atoms with Gasteiger partial charge in [-0.3, -0.25) is 15.5 Å². The molecule has 5 N–H and O–H groups in total. The minimum absolute atomic E-state index is 0.211. The zero-order valence-corrected chi connectivity index (χ0v) is 21.7. The summed E-state index contributed by atoms with van der Waals surface area (Å²) in [6.45, 7) is 1.69. The summed E-state index contributed by atoms with van der Waals surface area (Å²) >= 11 is 6.10. The number of hydrogen-bond donors (Lipinski definition) is 4.